The first-order valence-corrected chi connectivity index (χ1v) is 12.1. The van der Waals surface area contributed by atoms with E-state index in [9.17, 15) is 14.4 Å². The Balaban J connectivity index is 1.67. The van der Waals surface area contributed by atoms with Crippen LogP contribution in [0, 0.1) is 0 Å². The monoisotopic (exact) mass is 477 g/mol. The molecule has 186 valence electrons. The van der Waals surface area contributed by atoms with Gasteiger partial charge in [0.1, 0.15) is 0 Å². The molecule has 3 rings (SSSR count). The molecule has 0 radical (unpaired) electrons. The van der Waals surface area contributed by atoms with Gasteiger partial charge in [-0.15, -0.1) is 0 Å². The van der Waals surface area contributed by atoms with Crippen molar-refractivity contribution >= 4 is 29.7 Å². The molecule has 1 unspecified atom stereocenters. The highest BCUT2D eigenvalue weighted by molar-refractivity contribution is 6.38. The van der Waals surface area contributed by atoms with E-state index in [0.29, 0.717) is 24.1 Å². The summed E-state index contributed by atoms with van der Waals surface area (Å²) in [5, 5.41) is 2.67. The molecule has 1 aliphatic rings. The Morgan fingerprint density at radius 3 is 2.46 bits per heavy atom. The summed E-state index contributed by atoms with van der Waals surface area (Å²) >= 11 is 0. The number of primary amides is 1. The average molecular weight is 478 g/mol. The van der Waals surface area contributed by atoms with E-state index in [0.717, 1.165) is 44.7 Å². The summed E-state index contributed by atoms with van der Waals surface area (Å²) in [6.07, 6.45) is 7.17. The lowest BCUT2D eigenvalue weighted by Crippen LogP contribution is -2.46. The highest BCUT2D eigenvalue weighted by atomic mass is 16.2. The number of nitrogens with one attached hydrogen (secondary N) is 1. The minimum absolute atomic E-state index is 0.328. The Morgan fingerprint density at radius 2 is 1.80 bits per heavy atom. The molecule has 0 spiro atoms. The second-order valence-corrected chi connectivity index (χ2v) is 8.99. The van der Waals surface area contributed by atoms with Crippen LogP contribution in [0.25, 0.3) is 12.2 Å². The summed E-state index contributed by atoms with van der Waals surface area (Å²) in [4.78, 5) is 45.6. The number of benzene rings is 1. The van der Waals surface area contributed by atoms with Crippen LogP contribution < -0.4 is 11.1 Å². The minimum atomic E-state index is -1.05. The van der Waals surface area contributed by atoms with Crippen LogP contribution in [0.4, 0.5) is 0 Å². The zero-order valence-electron chi connectivity index (χ0n) is 20.6. The van der Waals surface area contributed by atoms with E-state index >= 15 is 0 Å². The van der Waals surface area contributed by atoms with Crippen molar-refractivity contribution in [1.82, 2.24) is 20.1 Å². The SMILES string of the molecule is CCCCC(NC(=O)c1cccnc1/C=C/c1ccc(CN2CCN(C)CC2)cc1)C(=O)C(N)=O. The van der Waals surface area contributed by atoms with Crippen LogP contribution in [0.5, 0.6) is 0 Å². The molecule has 3 N–H and O–H groups in total. The van der Waals surface area contributed by atoms with E-state index in [1.165, 1.54) is 5.56 Å². The molecule has 8 heteroatoms. The molecule has 1 aliphatic heterocycles. The summed E-state index contributed by atoms with van der Waals surface area (Å²) in [6.45, 7) is 7.25. The standard InChI is InChI=1S/C27H35N5O3/c1-3-4-7-24(25(33)26(28)34)30-27(35)22-6-5-14-29-23(22)13-12-20-8-10-21(11-9-20)19-32-17-15-31(2)16-18-32/h5-6,8-14,24H,3-4,7,15-19H2,1-2H3,(H2,28,34)(H,30,35)/b13-12+. The summed E-state index contributed by atoms with van der Waals surface area (Å²) < 4.78 is 0. The second kappa shape index (κ2) is 12.9. The number of carbonyl (C=O) groups excluding carboxylic acids is 3. The Morgan fingerprint density at radius 1 is 1.09 bits per heavy atom. The van der Waals surface area contributed by atoms with Gasteiger partial charge in [-0.25, -0.2) is 0 Å². The third kappa shape index (κ3) is 7.83. The molecule has 1 fully saturated rings. The van der Waals surface area contributed by atoms with Gasteiger partial charge < -0.3 is 16.0 Å². The Labute approximate surface area is 207 Å². The van der Waals surface area contributed by atoms with Crippen LogP contribution in [-0.4, -0.2) is 71.6 Å². The maximum Gasteiger partial charge on any atom is 0.287 e. The van der Waals surface area contributed by atoms with E-state index < -0.39 is 23.6 Å². The normalized spacial score (nSPS) is 15.7. The fourth-order valence-electron chi connectivity index (χ4n) is 4.00. The first kappa shape index (κ1) is 26.2. The molecule has 0 aliphatic carbocycles. The number of pyridine rings is 1. The quantitative estimate of drug-likeness (QED) is 0.481. The van der Waals surface area contributed by atoms with Crippen molar-refractivity contribution in [3.05, 3.63) is 65.0 Å². The van der Waals surface area contributed by atoms with Crippen LogP contribution in [0.2, 0.25) is 0 Å². The molecule has 2 heterocycles. The summed E-state index contributed by atoms with van der Waals surface area (Å²) in [5.74, 6) is -2.30. The number of carbonyl (C=O) groups is 3. The number of rotatable bonds is 11. The van der Waals surface area contributed by atoms with Crippen molar-refractivity contribution in [3.8, 4) is 0 Å². The van der Waals surface area contributed by atoms with Gasteiger partial charge in [0.25, 0.3) is 11.8 Å². The van der Waals surface area contributed by atoms with Crippen LogP contribution in [0.3, 0.4) is 0 Å². The molecular formula is C27H35N5O3. The number of hydrogen-bond acceptors (Lipinski definition) is 6. The number of nitrogens with zero attached hydrogens (tertiary/aromatic N) is 3. The number of nitrogens with two attached hydrogens (primary N) is 1. The van der Waals surface area contributed by atoms with Gasteiger partial charge in [0.05, 0.1) is 17.3 Å². The highest BCUT2D eigenvalue weighted by Gasteiger charge is 2.25. The van der Waals surface area contributed by atoms with Gasteiger partial charge in [-0.3, -0.25) is 24.3 Å². The van der Waals surface area contributed by atoms with Crippen molar-refractivity contribution < 1.29 is 14.4 Å². The van der Waals surface area contributed by atoms with Crippen LogP contribution in [-0.2, 0) is 16.1 Å². The Bertz CT molecular complexity index is 1040. The summed E-state index contributed by atoms with van der Waals surface area (Å²) in [7, 11) is 2.15. The molecule has 0 saturated carbocycles. The van der Waals surface area contributed by atoms with Crippen LogP contribution in [0.1, 0.15) is 53.4 Å². The molecule has 35 heavy (non-hydrogen) atoms. The Kier molecular flexibility index (Phi) is 9.69. The third-order valence-corrected chi connectivity index (χ3v) is 6.21. The second-order valence-electron chi connectivity index (χ2n) is 8.99. The fraction of sp³-hybridized carbons (Fsp3) is 0.407. The van der Waals surface area contributed by atoms with E-state index in [1.807, 2.05) is 13.0 Å². The molecule has 0 bridgehead atoms. The first-order chi connectivity index (χ1) is 16.9. The third-order valence-electron chi connectivity index (χ3n) is 6.21. The average Bonchev–Trinajstić information content (AvgIpc) is 2.87. The zero-order valence-corrected chi connectivity index (χ0v) is 20.6. The van der Waals surface area contributed by atoms with Crippen molar-refractivity contribution in [1.29, 1.82) is 0 Å². The fourth-order valence-corrected chi connectivity index (χ4v) is 4.00. The maximum absolute atomic E-state index is 12.9. The number of likely N-dealkylation sites (N-methyl/N-ethyl adjacent to an activating group) is 1. The van der Waals surface area contributed by atoms with Gasteiger partial charge in [-0.1, -0.05) is 50.1 Å². The van der Waals surface area contributed by atoms with E-state index in [-0.39, 0.29) is 0 Å². The lowest BCUT2D eigenvalue weighted by Gasteiger charge is -2.32. The molecule has 1 aromatic heterocycles. The highest BCUT2D eigenvalue weighted by Crippen LogP contribution is 2.14. The van der Waals surface area contributed by atoms with Gasteiger partial charge in [0, 0.05) is 38.9 Å². The van der Waals surface area contributed by atoms with Crippen molar-refractivity contribution in [3.63, 3.8) is 0 Å². The van der Waals surface area contributed by atoms with Crippen LogP contribution >= 0.6 is 0 Å². The lowest BCUT2D eigenvalue weighted by atomic mass is 10.0. The van der Waals surface area contributed by atoms with Crippen molar-refractivity contribution in [2.75, 3.05) is 33.2 Å². The molecular weight excluding hydrogens is 442 g/mol. The molecule has 1 aromatic carbocycles. The first-order valence-electron chi connectivity index (χ1n) is 12.1. The van der Waals surface area contributed by atoms with E-state index in [1.54, 1.807) is 24.4 Å². The predicted octanol–water partition coefficient (Wildman–Crippen LogP) is 2.34. The lowest BCUT2D eigenvalue weighted by molar-refractivity contribution is -0.137. The summed E-state index contributed by atoms with van der Waals surface area (Å²) in [5.41, 5.74) is 8.23. The number of Topliss-reactive ketones (excluding diaryl/α,β-unsaturated/α-hetero) is 1. The number of amides is 2. The molecule has 1 saturated heterocycles. The smallest absolute Gasteiger partial charge is 0.287 e. The van der Waals surface area contributed by atoms with Gasteiger partial charge in [-0.05, 0) is 42.8 Å². The van der Waals surface area contributed by atoms with Gasteiger partial charge >= 0.3 is 0 Å². The summed E-state index contributed by atoms with van der Waals surface area (Å²) in [6, 6.07) is 10.7. The number of piperazine rings is 1. The maximum atomic E-state index is 12.9. The largest absolute Gasteiger partial charge is 0.363 e. The van der Waals surface area contributed by atoms with Crippen LogP contribution in [0.15, 0.2) is 42.6 Å². The molecule has 1 atom stereocenters. The Hall–Kier alpha value is -3.36. The number of hydrogen-bond donors (Lipinski definition) is 2. The zero-order chi connectivity index (χ0) is 25.2. The number of unbranched alkanes of at least 4 members (excludes halogenated alkanes) is 1. The van der Waals surface area contributed by atoms with Gasteiger partial charge in [0.2, 0.25) is 5.78 Å². The van der Waals surface area contributed by atoms with Crippen molar-refractivity contribution in [2.45, 2.75) is 38.8 Å². The molecule has 8 nitrogen and oxygen atoms in total. The van der Waals surface area contributed by atoms with E-state index in [2.05, 4.69) is 51.4 Å². The van der Waals surface area contributed by atoms with Gasteiger partial charge in [0.15, 0.2) is 0 Å². The van der Waals surface area contributed by atoms with Gasteiger partial charge in [-0.2, -0.15) is 0 Å². The molecule has 2 amide bonds. The van der Waals surface area contributed by atoms with E-state index in [4.69, 9.17) is 5.73 Å². The number of ketones is 1. The predicted molar refractivity (Wildman–Crippen MR) is 137 cm³/mol. The van der Waals surface area contributed by atoms with Crippen molar-refractivity contribution in [2.24, 2.45) is 5.73 Å². The minimum Gasteiger partial charge on any atom is -0.363 e. The molecule has 2 aromatic rings. The topological polar surface area (TPSA) is 109 Å². The number of aromatic nitrogens is 1.